The molecule has 3 atom stereocenters. The first-order chi connectivity index (χ1) is 18.9. The molecule has 4 rings (SSSR count). The highest BCUT2D eigenvalue weighted by Crippen LogP contribution is 2.22. The van der Waals surface area contributed by atoms with E-state index in [9.17, 15) is 24.9 Å². The maximum Gasteiger partial charge on any atom is 0.258 e. The van der Waals surface area contributed by atoms with E-state index in [0.717, 1.165) is 28.4 Å². The number of unbranched alkanes of at least 4 members (excludes halogenated alkanes) is 1. The second-order valence-electron chi connectivity index (χ2n) is 8.69. The van der Waals surface area contributed by atoms with E-state index < -0.39 is 30.1 Å². The van der Waals surface area contributed by atoms with Crippen LogP contribution in [0.25, 0.3) is 0 Å². The molecule has 2 aromatic heterocycles. The number of aromatic nitrogens is 4. The van der Waals surface area contributed by atoms with Crippen molar-refractivity contribution in [3.63, 3.8) is 0 Å². The zero-order chi connectivity index (χ0) is 27.6. The quantitative estimate of drug-likeness (QED) is 0.152. The lowest BCUT2D eigenvalue weighted by molar-refractivity contribution is -0.130. The van der Waals surface area contributed by atoms with Gasteiger partial charge in [-0.3, -0.25) is 20.2 Å². The molecule has 2 amide bonds. The lowest BCUT2D eigenvalue weighted by Crippen LogP contribution is -2.33. The van der Waals surface area contributed by atoms with E-state index in [2.05, 4.69) is 31.0 Å². The number of rotatable bonds is 13. The van der Waals surface area contributed by atoms with Crippen molar-refractivity contribution in [2.24, 2.45) is 0 Å². The van der Waals surface area contributed by atoms with Crippen LogP contribution in [0.15, 0.2) is 60.7 Å². The molecule has 5 N–H and O–H groups in total. The Kier molecular flexibility index (Phi) is 10.2. The highest BCUT2D eigenvalue weighted by molar-refractivity contribution is 7.15. The maximum atomic E-state index is 12.3. The molecule has 0 spiro atoms. The van der Waals surface area contributed by atoms with E-state index in [0.29, 0.717) is 23.5 Å². The molecule has 11 nitrogen and oxygen atoms in total. The summed E-state index contributed by atoms with van der Waals surface area (Å²) in [4.78, 5) is 24.6. The summed E-state index contributed by atoms with van der Waals surface area (Å²) in [5.41, 5.74) is 1.30. The van der Waals surface area contributed by atoms with Gasteiger partial charge in [-0.2, -0.15) is 0 Å². The normalized spacial score (nSPS) is 13.4. The Balaban J connectivity index is 1.16. The third kappa shape index (κ3) is 8.43. The van der Waals surface area contributed by atoms with Crippen molar-refractivity contribution in [1.29, 1.82) is 0 Å². The number of amides is 2. The van der Waals surface area contributed by atoms with Crippen molar-refractivity contribution in [2.45, 2.75) is 50.4 Å². The standard InChI is InChI=1S/C26H28N6O5S2/c33-18(15-16-9-3-1-4-10-16)23(36)27-25-31-29-19(38-25)13-7-8-14-20-30-32-26(39-20)28-24(37)22(35)21(34)17-11-5-2-6-12-17/h1-6,9-12,18,21-22,33-35H,7-8,13-15H2,(H,27,31,36)(H,28,32,37)/t18-,21+,22-/m1/s1. The molecular weight excluding hydrogens is 540 g/mol. The molecule has 0 radical (unpaired) electrons. The zero-order valence-corrected chi connectivity index (χ0v) is 22.4. The Morgan fingerprint density at radius 3 is 1.79 bits per heavy atom. The minimum Gasteiger partial charge on any atom is -0.385 e. The minimum atomic E-state index is -1.64. The van der Waals surface area contributed by atoms with Crippen LogP contribution in [-0.4, -0.2) is 59.7 Å². The van der Waals surface area contributed by atoms with Gasteiger partial charge >= 0.3 is 0 Å². The van der Waals surface area contributed by atoms with E-state index in [1.165, 1.54) is 22.7 Å². The molecule has 2 aromatic carbocycles. The van der Waals surface area contributed by atoms with Gasteiger partial charge in [0.2, 0.25) is 10.3 Å². The second-order valence-corrected chi connectivity index (χ2v) is 10.8. The van der Waals surface area contributed by atoms with Gasteiger partial charge in [-0.1, -0.05) is 83.3 Å². The van der Waals surface area contributed by atoms with Crippen LogP contribution in [0.4, 0.5) is 10.3 Å². The van der Waals surface area contributed by atoms with E-state index in [1.54, 1.807) is 30.3 Å². The van der Waals surface area contributed by atoms with Crippen LogP contribution < -0.4 is 10.6 Å². The first kappa shape index (κ1) is 28.4. The average molecular weight is 569 g/mol. The Hall–Kier alpha value is -3.62. The summed E-state index contributed by atoms with van der Waals surface area (Å²) in [6.07, 6.45) is -1.09. The van der Waals surface area contributed by atoms with Crippen LogP contribution in [0.2, 0.25) is 0 Å². The Morgan fingerprint density at radius 1 is 0.718 bits per heavy atom. The zero-order valence-electron chi connectivity index (χ0n) is 20.8. The molecule has 0 unspecified atom stereocenters. The maximum absolute atomic E-state index is 12.3. The Labute approximate surface area is 232 Å². The van der Waals surface area contributed by atoms with E-state index in [4.69, 9.17) is 0 Å². The number of hydrogen-bond donors (Lipinski definition) is 5. The van der Waals surface area contributed by atoms with Crippen LogP contribution in [0.5, 0.6) is 0 Å². The first-order valence-corrected chi connectivity index (χ1v) is 13.9. The molecule has 0 aliphatic rings. The fourth-order valence-electron chi connectivity index (χ4n) is 3.64. The van der Waals surface area contributed by atoms with Crippen molar-refractivity contribution in [1.82, 2.24) is 20.4 Å². The topological polar surface area (TPSA) is 170 Å². The SMILES string of the molecule is O=C(Nc1nnc(CCCCc2nnc(NC(=O)[C@H](O)[C@@H](O)c3ccccc3)s2)s1)[C@H](O)Cc1ccccc1. The van der Waals surface area contributed by atoms with Crippen LogP contribution in [0.3, 0.4) is 0 Å². The Bertz CT molecular complexity index is 1350. The molecule has 13 heteroatoms. The molecule has 0 saturated heterocycles. The summed E-state index contributed by atoms with van der Waals surface area (Å²) < 4.78 is 0. The molecule has 0 saturated carbocycles. The summed E-state index contributed by atoms with van der Waals surface area (Å²) in [5.74, 6) is -1.29. The van der Waals surface area contributed by atoms with Gasteiger partial charge in [-0.05, 0) is 24.0 Å². The fourth-order valence-corrected chi connectivity index (χ4v) is 5.21. The van der Waals surface area contributed by atoms with Crippen LogP contribution in [-0.2, 0) is 28.9 Å². The highest BCUT2D eigenvalue weighted by atomic mass is 32.1. The molecule has 0 aliphatic carbocycles. The summed E-state index contributed by atoms with van der Waals surface area (Å²) in [6, 6.07) is 17.7. The lowest BCUT2D eigenvalue weighted by atomic mass is 10.0. The van der Waals surface area contributed by atoms with E-state index in [1.807, 2.05) is 30.3 Å². The van der Waals surface area contributed by atoms with Gasteiger partial charge in [0.1, 0.15) is 22.2 Å². The summed E-state index contributed by atoms with van der Waals surface area (Å²) in [5, 5.41) is 53.8. The number of hydrogen-bond acceptors (Lipinski definition) is 11. The summed E-state index contributed by atoms with van der Waals surface area (Å²) >= 11 is 2.47. The summed E-state index contributed by atoms with van der Waals surface area (Å²) in [6.45, 7) is 0. The number of aliphatic hydroxyl groups excluding tert-OH is 3. The number of aliphatic hydroxyl groups is 3. The number of carbonyl (C=O) groups excluding carboxylic acids is 2. The average Bonchev–Trinajstić information content (AvgIpc) is 3.60. The largest absolute Gasteiger partial charge is 0.385 e. The third-order valence-corrected chi connectivity index (χ3v) is 7.51. The number of benzene rings is 2. The smallest absolute Gasteiger partial charge is 0.258 e. The molecule has 0 aliphatic heterocycles. The number of anilines is 2. The monoisotopic (exact) mass is 568 g/mol. The van der Waals surface area contributed by atoms with Crippen molar-refractivity contribution in [3.8, 4) is 0 Å². The van der Waals surface area contributed by atoms with Crippen LogP contribution >= 0.6 is 22.7 Å². The van der Waals surface area contributed by atoms with E-state index in [-0.39, 0.29) is 11.6 Å². The van der Waals surface area contributed by atoms with Crippen LogP contribution in [0, 0.1) is 0 Å². The van der Waals surface area contributed by atoms with Gasteiger partial charge in [0.15, 0.2) is 6.10 Å². The third-order valence-electron chi connectivity index (χ3n) is 5.71. The van der Waals surface area contributed by atoms with Gasteiger partial charge in [-0.25, -0.2) is 0 Å². The highest BCUT2D eigenvalue weighted by Gasteiger charge is 2.26. The molecular formula is C26H28N6O5S2. The van der Waals surface area contributed by atoms with Crippen molar-refractivity contribution in [2.75, 3.05) is 10.6 Å². The molecule has 0 bridgehead atoms. The van der Waals surface area contributed by atoms with Gasteiger partial charge < -0.3 is 15.3 Å². The molecule has 4 aromatic rings. The van der Waals surface area contributed by atoms with Gasteiger partial charge in [-0.15, -0.1) is 20.4 Å². The van der Waals surface area contributed by atoms with Gasteiger partial charge in [0.05, 0.1) is 0 Å². The molecule has 204 valence electrons. The van der Waals surface area contributed by atoms with Crippen LogP contribution in [0.1, 0.15) is 40.1 Å². The number of carbonyl (C=O) groups is 2. The van der Waals surface area contributed by atoms with E-state index >= 15 is 0 Å². The lowest BCUT2D eigenvalue weighted by Gasteiger charge is -2.16. The van der Waals surface area contributed by atoms with Gasteiger partial charge in [0.25, 0.3) is 11.8 Å². The first-order valence-electron chi connectivity index (χ1n) is 12.3. The van der Waals surface area contributed by atoms with Crippen molar-refractivity contribution < 1.29 is 24.9 Å². The number of aryl methyl sites for hydroxylation is 2. The van der Waals surface area contributed by atoms with Crippen molar-refractivity contribution >= 4 is 44.8 Å². The number of nitrogens with zero attached hydrogens (tertiary/aromatic N) is 4. The van der Waals surface area contributed by atoms with Crippen molar-refractivity contribution in [3.05, 3.63) is 81.8 Å². The van der Waals surface area contributed by atoms with Gasteiger partial charge in [0, 0.05) is 19.3 Å². The fraction of sp³-hybridized carbons (Fsp3) is 0.308. The second kappa shape index (κ2) is 14.0. The summed E-state index contributed by atoms with van der Waals surface area (Å²) in [7, 11) is 0. The molecule has 0 fully saturated rings. The number of nitrogens with one attached hydrogen (secondary N) is 2. The predicted octanol–water partition coefficient (Wildman–Crippen LogP) is 2.53. The molecule has 39 heavy (non-hydrogen) atoms. The Morgan fingerprint density at radius 2 is 1.23 bits per heavy atom. The molecule has 2 heterocycles. The minimum absolute atomic E-state index is 0.214. The predicted molar refractivity (Wildman–Crippen MR) is 147 cm³/mol.